The van der Waals surface area contributed by atoms with Gasteiger partial charge in [-0.15, -0.1) is 0 Å². The van der Waals surface area contributed by atoms with Gasteiger partial charge in [0.2, 0.25) is 0 Å². The van der Waals surface area contributed by atoms with E-state index in [0.29, 0.717) is 5.78 Å². The molecule has 0 saturated carbocycles. The second kappa shape index (κ2) is 4.25. The van der Waals surface area contributed by atoms with E-state index in [1.54, 1.807) is 6.07 Å². The van der Waals surface area contributed by atoms with E-state index < -0.39 is 0 Å². The fourth-order valence-electron chi connectivity index (χ4n) is 1.55. The molecule has 0 radical (unpaired) electrons. The molecule has 0 unspecified atom stereocenters. The average Bonchev–Trinajstić information content (AvgIpc) is 2.66. The molecular weight excluding hydrogens is 192 g/mol. The molecule has 15 heavy (non-hydrogen) atoms. The van der Waals surface area contributed by atoms with Crippen LogP contribution in [0.3, 0.4) is 0 Å². The predicted molar refractivity (Wildman–Crippen MR) is 56.8 cm³/mol. The van der Waals surface area contributed by atoms with Gasteiger partial charge < -0.3 is 0 Å². The number of rotatable bonds is 4. The predicted octanol–water partition coefficient (Wildman–Crippen LogP) is 1.15. The van der Waals surface area contributed by atoms with Gasteiger partial charge in [-0.2, -0.15) is 4.52 Å². The molecule has 0 aliphatic rings. The van der Waals surface area contributed by atoms with Crippen LogP contribution in [0.5, 0.6) is 0 Å². The molecule has 2 heterocycles. The number of nitrogens with zero attached hydrogens (tertiary/aromatic N) is 3. The normalized spacial score (nSPS) is 11.0. The molecule has 0 atom stereocenters. The van der Waals surface area contributed by atoms with Gasteiger partial charge in [0.25, 0.3) is 11.3 Å². The number of hydrogen-bond donors (Lipinski definition) is 1. The van der Waals surface area contributed by atoms with Gasteiger partial charge in [-0.3, -0.25) is 9.89 Å². The third-order valence-corrected chi connectivity index (χ3v) is 2.36. The summed E-state index contributed by atoms with van der Waals surface area (Å²) in [5, 5.41) is 2.71. The van der Waals surface area contributed by atoms with E-state index in [2.05, 4.69) is 22.0 Å². The molecule has 0 aliphatic heterocycles. The van der Waals surface area contributed by atoms with E-state index in [1.807, 2.05) is 0 Å². The smallest absolute Gasteiger partial charge is 0.274 e. The second-order valence-corrected chi connectivity index (χ2v) is 3.57. The summed E-state index contributed by atoms with van der Waals surface area (Å²) < 4.78 is 1.34. The Labute approximate surface area is 87.2 Å². The van der Waals surface area contributed by atoms with E-state index in [0.717, 1.165) is 18.5 Å². The number of aromatic amines is 1. The van der Waals surface area contributed by atoms with Crippen LogP contribution in [0.15, 0.2) is 17.2 Å². The van der Waals surface area contributed by atoms with Crippen molar-refractivity contribution in [1.82, 2.24) is 19.6 Å². The molecule has 2 aromatic rings. The van der Waals surface area contributed by atoms with E-state index in [-0.39, 0.29) is 5.56 Å². The molecular formula is C10H14N4O. The molecule has 0 aromatic carbocycles. The summed E-state index contributed by atoms with van der Waals surface area (Å²) >= 11 is 0. The van der Waals surface area contributed by atoms with Crippen molar-refractivity contribution in [3.8, 4) is 0 Å². The zero-order valence-corrected chi connectivity index (χ0v) is 8.73. The summed E-state index contributed by atoms with van der Waals surface area (Å²) in [4.78, 5) is 19.8. The highest BCUT2D eigenvalue weighted by Gasteiger charge is 2.03. The maximum atomic E-state index is 11.5. The van der Waals surface area contributed by atoms with E-state index in [4.69, 9.17) is 0 Å². The number of hydrogen-bond acceptors (Lipinski definition) is 3. The van der Waals surface area contributed by atoms with Gasteiger partial charge in [0, 0.05) is 6.07 Å². The lowest BCUT2D eigenvalue weighted by atomic mass is 10.1. The van der Waals surface area contributed by atoms with Gasteiger partial charge in [0.1, 0.15) is 6.33 Å². The van der Waals surface area contributed by atoms with Crippen LogP contribution in [-0.2, 0) is 6.42 Å². The lowest BCUT2D eigenvalue weighted by molar-refractivity contribution is 0.704. The zero-order valence-electron chi connectivity index (χ0n) is 8.73. The van der Waals surface area contributed by atoms with Crippen molar-refractivity contribution in [3.63, 3.8) is 0 Å². The SMILES string of the molecule is CCCCCc1cc(=O)n2[nH]cnc2n1. The maximum absolute atomic E-state index is 11.5. The van der Waals surface area contributed by atoms with Gasteiger partial charge in [0.15, 0.2) is 0 Å². The third-order valence-electron chi connectivity index (χ3n) is 2.36. The molecule has 0 bridgehead atoms. The Bertz CT molecular complexity index is 499. The number of aromatic nitrogens is 4. The first-order valence-electron chi connectivity index (χ1n) is 5.23. The molecule has 0 saturated heterocycles. The molecule has 2 aromatic heterocycles. The first kappa shape index (κ1) is 9.89. The van der Waals surface area contributed by atoms with Crippen molar-refractivity contribution in [1.29, 1.82) is 0 Å². The number of unbranched alkanes of at least 4 members (excludes halogenated alkanes) is 2. The zero-order chi connectivity index (χ0) is 10.7. The second-order valence-electron chi connectivity index (χ2n) is 3.57. The topological polar surface area (TPSA) is 63.0 Å². The van der Waals surface area contributed by atoms with Crippen LogP contribution in [0.2, 0.25) is 0 Å². The Morgan fingerprint density at radius 2 is 2.33 bits per heavy atom. The largest absolute Gasteiger partial charge is 0.278 e. The third kappa shape index (κ3) is 2.06. The highest BCUT2D eigenvalue weighted by atomic mass is 16.1. The van der Waals surface area contributed by atoms with Crippen molar-refractivity contribution in [2.24, 2.45) is 0 Å². The summed E-state index contributed by atoms with van der Waals surface area (Å²) in [6, 6.07) is 1.57. The van der Waals surface area contributed by atoms with Gasteiger partial charge in [-0.25, -0.2) is 9.97 Å². The summed E-state index contributed by atoms with van der Waals surface area (Å²) in [6.07, 6.45) is 5.74. The summed E-state index contributed by atoms with van der Waals surface area (Å²) in [6.45, 7) is 2.15. The maximum Gasteiger partial charge on any atom is 0.274 e. The Balaban J connectivity index is 2.25. The van der Waals surface area contributed by atoms with Crippen molar-refractivity contribution in [2.45, 2.75) is 32.6 Å². The Morgan fingerprint density at radius 1 is 1.47 bits per heavy atom. The lowest BCUT2D eigenvalue weighted by Gasteiger charge is -1.99. The molecule has 0 amide bonds. The number of nitrogens with one attached hydrogen (secondary N) is 1. The van der Waals surface area contributed by atoms with Crippen LogP contribution in [0, 0.1) is 0 Å². The fraction of sp³-hybridized carbons (Fsp3) is 0.500. The minimum absolute atomic E-state index is 0.0935. The van der Waals surface area contributed by atoms with Gasteiger partial charge >= 0.3 is 0 Å². The van der Waals surface area contributed by atoms with Crippen LogP contribution < -0.4 is 5.56 Å². The van der Waals surface area contributed by atoms with Crippen LogP contribution in [-0.4, -0.2) is 19.6 Å². The van der Waals surface area contributed by atoms with Gasteiger partial charge in [-0.05, 0) is 12.8 Å². The molecule has 0 spiro atoms. The van der Waals surface area contributed by atoms with E-state index >= 15 is 0 Å². The monoisotopic (exact) mass is 206 g/mol. The first-order chi connectivity index (χ1) is 7.31. The standard InChI is InChI=1S/C10H14N4O/c1-2-3-4-5-8-6-9(15)14-10(13-8)11-7-12-14/h6-7H,2-5H2,1H3,(H,11,12,13). The molecule has 5 nitrogen and oxygen atoms in total. The molecule has 2 rings (SSSR count). The van der Waals surface area contributed by atoms with Gasteiger partial charge in [0.05, 0.1) is 5.69 Å². The van der Waals surface area contributed by atoms with Gasteiger partial charge in [-0.1, -0.05) is 19.8 Å². The van der Waals surface area contributed by atoms with Crippen molar-refractivity contribution < 1.29 is 0 Å². The Hall–Kier alpha value is -1.65. The minimum Gasteiger partial charge on any atom is -0.278 e. The Kier molecular flexibility index (Phi) is 2.80. The summed E-state index contributed by atoms with van der Waals surface area (Å²) in [7, 11) is 0. The van der Waals surface area contributed by atoms with Crippen molar-refractivity contribution >= 4 is 5.78 Å². The molecule has 80 valence electrons. The van der Waals surface area contributed by atoms with Crippen molar-refractivity contribution in [2.75, 3.05) is 0 Å². The van der Waals surface area contributed by atoms with Crippen LogP contribution in [0.25, 0.3) is 5.78 Å². The number of aryl methyl sites for hydroxylation is 1. The van der Waals surface area contributed by atoms with Crippen molar-refractivity contribution in [3.05, 3.63) is 28.4 Å². The molecule has 0 fully saturated rings. The number of fused-ring (bicyclic) bond motifs is 1. The lowest BCUT2D eigenvalue weighted by Crippen LogP contribution is -2.15. The van der Waals surface area contributed by atoms with Crippen LogP contribution in [0.1, 0.15) is 31.9 Å². The van der Waals surface area contributed by atoms with E-state index in [1.165, 1.54) is 23.7 Å². The molecule has 1 N–H and O–H groups in total. The fourth-order valence-corrected chi connectivity index (χ4v) is 1.55. The summed E-state index contributed by atoms with van der Waals surface area (Å²) in [5.41, 5.74) is 0.740. The van der Waals surface area contributed by atoms with E-state index in [9.17, 15) is 4.79 Å². The highest BCUT2D eigenvalue weighted by molar-refractivity contribution is 5.25. The number of H-pyrrole nitrogens is 1. The Morgan fingerprint density at radius 3 is 3.13 bits per heavy atom. The summed E-state index contributed by atoms with van der Waals surface area (Å²) in [5.74, 6) is 0.453. The quantitative estimate of drug-likeness (QED) is 0.763. The van der Waals surface area contributed by atoms with Crippen LogP contribution >= 0.6 is 0 Å². The van der Waals surface area contributed by atoms with Crippen LogP contribution in [0.4, 0.5) is 0 Å². The average molecular weight is 206 g/mol. The molecule has 5 heteroatoms. The highest BCUT2D eigenvalue weighted by Crippen LogP contribution is 2.02. The minimum atomic E-state index is -0.0935. The molecule has 0 aliphatic carbocycles. The first-order valence-corrected chi connectivity index (χ1v) is 5.23.